The Bertz CT molecular complexity index is 773. The Morgan fingerprint density at radius 3 is 2.68 bits per heavy atom. The molecule has 0 saturated carbocycles. The zero-order valence-corrected chi connectivity index (χ0v) is 14.1. The largest absolute Gasteiger partial charge is 0.373 e. The van der Waals surface area contributed by atoms with Crippen molar-refractivity contribution in [2.75, 3.05) is 13.7 Å². The van der Waals surface area contributed by atoms with E-state index in [9.17, 15) is 14.9 Å². The van der Waals surface area contributed by atoms with Crippen LogP contribution >= 0.6 is 0 Å². The minimum atomic E-state index is -0.434. The Morgan fingerprint density at radius 1 is 1.24 bits per heavy atom. The van der Waals surface area contributed by atoms with Crippen LogP contribution in [0.4, 0.5) is 5.69 Å². The van der Waals surface area contributed by atoms with E-state index in [0.717, 1.165) is 17.5 Å². The fraction of sp³-hybridized carbons (Fsp3) is 0.316. The van der Waals surface area contributed by atoms with E-state index in [1.54, 1.807) is 24.1 Å². The monoisotopic (exact) mass is 340 g/mol. The maximum absolute atomic E-state index is 12.5. The van der Waals surface area contributed by atoms with Gasteiger partial charge in [-0.1, -0.05) is 36.4 Å². The number of nitro benzene ring substituents is 1. The number of hydrogen-bond donors (Lipinski definition) is 0. The lowest BCUT2D eigenvalue weighted by Gasteiger charge is -2.27. The highest BCUT2D eigenvalue weighted by molar-refractivity contribution is 5.76. The normalized spacial score (nSPS) is 16.1. The van der Waals surface area contributed by atoms with Crippen LogP contribution in [0.25, 0.3) is 0 Å². The second-order valence-corrected chi connectivity index (χ2v) is 6.19. The van der Waals surface area contributed by atoms with Crippen molar-refractivity contribution in [1.82, 2.24) is 4.90 Å². The molecule has 0 aliphatic carbocycles. The lowest BCUT2D eigenvalue weighted by molar-refractivity contribution is -0.384. The van der Waals surface area contributed by atoms with Gasteiger partial charge in [0.25, 0.3) is 5.69 Å². The molecule has 130 valence electrons. The first-order valence-corrected chi connectivity index (χ1v) is 8.21. The number of hydrogen-bond acceptors (Lipinski definition) is 4. The fourth-order valence-electron chi connectivity index (χ4n) is 3.05. The molecule has 1 atom stereocenters. The van der Waals surface area contributed by atoms with Gasteiger partial charge in [0.2, 0.25) is 5.91 Å². The van der Waals surface area contributed by atoms with Gasteiger partial charge in [0.1, 0.15) is 0 Å². The van der Waals surface area contributed by atoms with Crippen molar-refractivity contribution in [3.63, 3.8) is 0 Å². The predicted molar refractivity (Wildman–Crippen MR) is 93.0 cm³/mol. The van der Waals surface area contributed by atoms with Gasteiger partial charge in [0.05, 0.1) is 24.1 Å². The zero-order chi connectivity index (χ0) is 17.8. The van der Waals surface area contributed by atoms with E-state index in [2.05, 4.69) is 6.07 Å². The number of carbonyl (C=O) groups is 1. The summed E-state index contributed by atoms with van der Waals surface area (Å²) < 4.78 is 5.80. The van der Waals surface area contributed by atoms with Gasteiger partial charge in [0.15, 0.2) is 0 Å². The van der Waals surface area contributed by atoms with Crippen LogP contribution in [0, 0.1) is 10.1 Å². The Kier molecular flexibility index (Phi) is 5.09. The summed E-state index contributed by atoms with van der Waals surface area (Å²) in [7, 11) is 1.73. The fourth-order valence-corrected chi connectivity index (χ4v) is 3.05. The number of nitrogens with zero attached hydrogens (tertiary/aromatic N) is 2. The molecule has 25 heavy (non-hydrogen) atoms. The molecule has 0 N–H and O–H groups in total. The minimum Gasteiger partial charge on any atom is -0.373 e. The van der Waals surface area contributed by atoms with Crippen LogP contribution in [0.1, 0.15) is 29.2 Å². The molecule has 1 amide bonds. The van der Waals surface area contributed by atoms with Crippen molar-refractivity contribution in [2.24, 2.45) is 0 Å². The SMILES string of the molecule is CN(Cc1ccc([N+](=O)[O-])cc1)C(=O)C[C@@H]1OCCc2ccccc21. The minimum absolute atomic E-state index is 0.0138. The molecular formula is C19H20N2O4. The van der Waals surface area contributed by atoms with Crippen LogP contribution < -0.4 is 0 Å². The first-order chi connectivity index (χ1) is 12.0. The summed E-state index contributed by atoms with van der Waals surface area (Å²) in [6, 6.07) is 14.3. The lowest BCUT2D eigenvalue weighted by Crippen LogP contribution is -2.29. The average Bonchev–Trinajstić information content (AvgIpc) is 2.62. The molecule has 0 saturated heterocycles. The van der Waals surface area contributed by atoms with Gasteiger partial charge < -0.3 is 9.64 Å². The van der Waals surface area contributed by atoms with Crippen molar-refractivity contribution in [2.45, 2.75) is 25.5 Å². The van der Waals surface area contributed by atoms with Crippen LogP contribution in [-0.4, -0.2) is 29.4 Å². The second kappa shape index (κ2) is 7.44. The number of ether oxygens (including phenoxy) is 1. The number of benzene rings is 2. The molecule has 6 heteroatoms. The van der Waals surface area contributed by atoms with Crippen LogP contribution in [-0.2, 0) is 22.5 Å². The molecule has 0 bridgehead atoms. The van der Waals surface area contributed by atoms with Crippen molar-refractivity contribution in [3.8, 4) is 0 Å². The molecule has 3 rings (SSSR count). The van der Waals surface area contributed by atoms with Crippen LogP contribution in [0.3, 0.4) is 0 Å². The smallest absolute Gasteiger partial charge is 0.269 e. The molecule has 2 aromatic rings. The van der Waals surface area contributed by atoms with Gasteiger partial charge in [-0.15, -0.1) is 0 Å². The first-order valence-electron chi connectivity index (χ1n) is 8.21. The zero-order valence-electron chi connectivity index (χ0n) is 14.1. The maximum Gasteiger partial charge on any atom is 0.269 e. The second-order valence-electron chi connectivity index (χ2n) is 6.19. The molecule has 1 aliphatic rings. The third kappa shape index (κ3) is 4.03. The molecular weight excluding hydrogens is 320 g/mol. The summed E-state index contributed by atoms with van der Waals surface area (Å²) in [6.45, 7) is 1.03. The van der Waals surface area contributed by atoms with Crippen molar-refractivity contribution < 1.29 is 14.5 Å². The van der Waals surface area contributed by atoms with E-state index < -0.39 is 4.92 Å². The van der Waals surface area contributed by atoms with E-state index in [-0.39, 0.29) is 17.7 Å². The summed E-state index contributed by atoms with van der Waals surface area (Å²) in [5.41, 5.74) is 3.23. The molecule has 0 unspecified atom stereocenters. The number of non-ortho nitro benzene ring substituents is 1. The van der Waals surface area contributed by atoms with E-state index >= 15 is 0 Å². The Labute approximate surface area is 146 Å². The standard InChI is InChI=1S/C19H20N2O4/c1-20(13-14-6-8-16(9-7-14)21(23)24)19(22)12-18-17-5-3-2-4-15(17)10-11-25-18/h2-9,18H,10-13H2,1H3/t18-/m0/s1. The molecule has 0 aromatic heterocycles. The number of carbonyl (C=O) groups excluding carboxylic acids is 1. The highest BCUT2D eigenvalue weighted by Gasteiger charge is 2.24. The van der Waals surface area contributed by atoms with Crippen molar-refractivity contribution >= 4 is 11.6 Å². The van der Waals surface area contributed by atoms with Gasteiger partial charge >= 0.3 is 0 Å². The Hall–Kier alpha value is -2.73. The summed E-state index contributed by atoms with van der Waals surface area (Å²) in [5, 5.41) is 10.7. The topological polar surface area (TPSA) is 72.7 Å². The Morgan fingerprint density at radius 2 is 1.96 bits per heavy atom. The van der Waals surface area contributed by atoms with E-state index in [1.807, 2.05) is 18.2 Å². The Balaban J connectivity index is 1.62. The molecule has 1 heterocycles. The summed E-state index contributed by atoms with van der Waals surface area (Å²) in [4.78, 5) is 24.4. The summed E-state index contributed by atoms with van der Waals surface area (Å²) >= 11 is 0. The highest BCUT2D eigenvalue weighted by atomic mass is 16.6. The average molecular weight is 340 g/mol. The lowest BCUT2D eigenvalue weighted by atomic mass is 9.95. The predicted octanol–water partition coefficient (Wildman–Crippen LogP) is 3.26. The number of fused-ring (bicyclic) bond motifs is 1. The van der Waals surface area contributed by atoms with E-state index in [4.69, 9.17) is 4.74 Å². The molecule has 2 aromatic carbocycles. The highest BCUT2D eigenvalue weighted by Crippen LogP contribution is 2.30. The third-order valence-electron chi connectivity index (χ3n) is 4.45. The summed E-state index contributed by atoms with van der Waals surface area (Å²) in [5.74, 6) is -0.0138. The van der Waals surface area contributed by atoms with Gasteiger partial charge in [-0.2, -0.15) is 0 Å². The number of nitro groups is 1. The van der Waals surface area contributed by atoms with E-state index in [0.29, 0.717) is 19.6 Å². The van der Waals surface area contributed by atoms with Gasteiger partial charge in [-0.05, 0) is 23.1 Å². The van der Waals surface area contributed by atoms with Crippen LogP contribution in [0.5, 0.6) is 0 Å². The summed E-state index contributed by atoms with van der Waals surface area (Å²) in [6.07, 6.45) is 0.955. The van der Waals surface area contributed by atoms with Crippen molar-refractivity contribution in [3.05, 3.63) is 75.3 Å². The first kappa shape index (κ1) is 17.1. The van der Waals surface area contributed by atoms with E-state index in [1.165, 1.54) is 17.7 Å². The molecule has 1 aliphatic heterocycles. The molecule has 0 radical (unpaired) electrons. The quantitative estimate of drug-likeness (QED) is 0.618. The van der Waals surface area contributed by atoms with Crippen LogP contribution in [0.15, 0.2) is 48.5 Å². The molecule has 0 fully saturated rings. The van der Waals surface area contributed by atoms with Gasteiger partial charge in [-0.3, -0.25) is 14.9 Å². The van der Waals surface area contributed by atoms with Gasteiger partial charge in [-0.25, -0.2) is 0 Å². The number of rotatable bonds is 5. The van der Waals surface area contributed by atoms with Crippen molar-refractivity contribution in [1.29, 1.82) is 0 Å². The molecule has 0 spiro atoms. The number of amides is 1. The third-order valence-corrected chi connectivity index (χ3v) is 4.45. The molecule has 6 nitrogen and oxygen atoms in total. The van der Waals surface area contributed by atoms with Crippen LogP contribution in [0.2, 0.25) is 0 Å². The maximum atomic E-state index is 12.5. The van der Waals surface area contributed by atoms with Gasteiger partial charge in [0, 0.05) is 25.7 Å².